The van der Waals surface area contributed by atoms with Crippen LogP contribution >= 0.6 is 0 Å². The van der Waals surface area contributed by atoms with Crippen LogP contribution in [0, 0.1) is 11.3 Å². The Kier molecular flexibility index (Phi) is 3.99. The molecule has 27 heavy (non-hydrogen) atoms. The van der Waals surface area contributed by atoms with Crippen molar-refractivity contribution in [2.75, 3.05) is 10.6 Å². The van der Waals surface area contributed by atoms with Crippen LogP contribution in [0.3, 0.4) is 0 Å². The lowest BCUT2D eigenvalue weighted by molar-refractivity contribution is 0.262. The molecule has 0 fully saturated rings. The van der Waals surface area contributed by atoms with Crippen LogP contribution in [0.1, 0.15) is 5.56 Å². The fourth-order valence-corrected chi connectivity index (χ4v) is 2.81. The number of hydrogen-bond donors (Lipinski definition) is 2. The van der Waals surface area contributed by atoms with E-state index in [1.807, 2.05) is 0 Å². The van der Waals surface area contributed by atoms with E-state index in [1.165, 1.54) is 6.20 Å². The highest BCUT2D eigenvalue weighted by atomic mass is 16.4. The third kappa shape index (κ3) is 3.19. The fraction of sp³-hybridized carbons (Fsp3) is 0. The van der Waals surface area contributed by atoms with E-state index < -0.39 is 11.7 Å². The van der Waals surface area contributed by atoms with Crippen LogP contribution in [0.4, 0.5) is 16.2 Å². The second-order valence-corrected chi connectivity index (χ2v) is 5.79. The molecule has 0 aliphatic carbocycles. The van der Waals surface area contributed by atoms with Crippen LogP contribution in [0.15, 0.2) is 70.1 Å². The third-order valence-electron chi connectivity index (χ3n) is 4.02. The molecule has 130 valence electrons. The molecule has 0 bridgehead atoms. The van der Waals surface area contributed by atoms with Crippen LogP contribution in [0.5, 0.6) is 0 Å². The molecule has 0 aliphatic heterocycles. The number of benzene rings is 2. The molecular weight excluding hydrogens is 344 g/mol. The fourth-order valence-electron chi connectivity index (χ4n) is 2.81. The summed E-state index contributed by atoms with van der Waals surface area (Å²) in [7, 11) is 0. The third-order valence-corrected chi connectivity index (χ3v) is 4.02. The first-order valence-corrected chi connectivity index (χ1v) is 8.03. The highest BCUT2D eigenvalue weighted by molar-refractivity contribution is 6.07. The summed E-state index contributed by atoms with van der Waals surface area (Å²) in [5, 5.41) is 16.1. The maximum Gasteiger partial charge on any atom is 0.344 e. The first-order chi connectivity index (χ1) is 13.1. The average molecular weight is 356 g/mol. The van der Waals surface area contributed by atoms with Crippen LogP contribution in [0.25, 0.3) is 21.7 Å². The highest BCUT2D eigenvalue weighted by Crippen LogP contribution is 2.26. The van der Waals surface area contributed by atoms with Gasteiger partial charge in [0.2, 0.25) is 0 Å². The van der Waals surface area contributed by atoms with Crippen molar-refractivity contribution in [2.24, 2.45) is 0 Å². The maximum absolute atomic E-state index is 12.2. The number of nitriles is 1. The number of anilines is 2. The van der Waals surface area contributed by atoms with Crippen molar-refractivity contribution in [1.29, 1.82) is 5.26 Å². The number of nitrogens with one attached hydrogen (secondary N) is 2. The lowest BCUT2D eigenvalue weighted by atomic mass is 10.0. The van der Waals surface area contributed by atoms with Crippen molar-refractivity contribution in [1.82, 2.24) is 4.98 Å². The molecule has 0 atom stereocenters. The quantitative estimate of drug-likeness (QED) is 0.419. The van der Waals surface area contributed by atoms with Crippen LogP contribution in [-0.4, -0.2) is 11.0 Å². The normalized spacial score (nSPS) is 10.5. The van der Waals surface area contributed by atoms with Gasteiger partial charge in [-0.2, -0.15) is 5.26 Å². The van der Waals surface area contributed by atoms with Crippen molar-refractivity contribution in [3.05, 3.63) is 76.9 Å². The molecule has 2 aromatic heterocycles. The number of hydrogen-bond acceptors (Lipinski definition) is 5. The number of rotatable bonds is 2. The smallest absolute Gasteiger partial charge is 0.344 e. The number of nitrogens with zero attached hydrogens (tertiary/aromatic N) is 2. The number of aromatic nitrogens is 1. The second kappa shape index (κ2) is 6.61. The van der Waals surface area contributed by atoms with Crippen LogP contribution in [-0.2, 0) is 0 Å². The number of fused-ring (bicyclic) bond motifs is 3. The average Bonchev–Trinajstić information content (AvgIpc) is 2.69. The van der Waals surface area contributed by atoms with Gasteiger partial charge in [0.1, 0.15) is 5.58 Å². The Hall–Kier alpha value is -4.18. The van der Waals surface area contributed by atoms with Crippen molar-refractivity contribution in [3.63, 3.8) is 0 Å². The maximum atomic E-state index is 12.2. The minimum Gasteiger partial charge on any atom is -0.422 e. The van der Waals surface area contributed by atoms with Crippen LogP contribution in [0.2, 0.25) is 0 Å². The van der Waals surface area contributed by atoms with Gasteiger partial charge in [0.25, 0.3) is 0 Å². The zero-order chi connectivity index (χ0) is 18.8. The number of urea groups is 1. The highest BCUT2D eigenvalue weighted by Gasteiger charge is 2.10. The van der Waals surface area contributed by atoms with Gasteiger partial charge in [0, 0.05) is 22.7 Å². The molecule has 2 N–H and O–H groups in total. The van der Waals surface area contributed by atoms with Crippen molar-refractivity contribution < 1.29 is 9.21 Å². The van der Waals surface area contributed by atoms with E-state index in [2.05, 4.69) is 21.7 Å². The van der Waals surface area contributed by atoms with Gasteiger partial charge in [0.05, 0.1) is 28.9 Å². The summed E-state index contributed by atoms with van der Waals surface area (Å²) in [6, 6.07) is 14.8. The van der Waals surface area contributed by atoms with E-state index in [9.17, 15) is 9.59 Å². The predicted octanol–water partition coefficient (Wildman–Crippen LogP) is 3.86. The van der Waals surface area contributed by atoms with Gasteiger partial charge < -0.3 is 15.1 Å². The summed E-state index contributed by atoms with van der Waals surface area (Å²) >= 11 is 0. The topological polar surface area (TPSA) is 108 Å². The number of pyridine rings is 1. The SMILES string of the molecule is N#Cc1ccc2c(=O)oc3ccc(NC(=O)Nc4cccnc4)cc3c2c1. The largest absolute Gasteiger partial charge is 0.422 e. The predicted molar refractivity (Wildman–Crippen MR) is 102 cm³/mol. The number of amides is 2. The van der Waals surface area contributed by atoms with E-state index in [-0.39, 0.29) is 0 Å². The minimum absolute atomic E-state index is 0.374. The summed E-state index contributed by atoms with van der Waals surface area (Å²) in [6.07, 6.45) is 3.15. The number of carbonyl (C=O) groups is 1. The zero-order valence-corrected chi connectivity index (χ0v) is 13.9. The first kappa shape index (κ1) is 16.3. The lowest BCUT2D eigenvalue weighted by Gasteiger charge is -2.09. The molecule has 0 saturated heterocycles. The summed E-state index contributed by atoms with van der Waals surface area (Å²) < 4.78 is 5.33. The minimum atomic E-state index is -0.475. The van der Waals surface area contributed by atoms with E-state index in [0.717, 1.165) is 0 Å². The Morgan fingerprint density at radius 1 is 1.00 bits per heavy atom. The molecular formula is C20H12N4O3. The van der Waals surface area contributed by atoms with E-state index in [1.54, 1.807) is 54.7 Å². The first-order valence-electron chi connectivity index (χ1n) is 8.03. The summed E-state index contributed by atoms with van der Waals surface area (Å²) in [5.74, 6) is 0. The van der Waals surface area contributed by atoms with Gasteiger partial charge in [-0.3, -0.25) is 4.98 Å². The van der Waals surface area contributed by atoms with Gasteiger partial charge in [0.15, 0.2) is 0 Å². The molecule has 0 spiro atoms. The zero-order valence-electron chi connectivity index (χ0n) is 13.9. The van der Waals surface area contributed by atoms with E-state index >= 15 is 0 Å². The molecule has 7 heteroatoms. The summed E-state index contributed by atoms with van der Waals surface area (Å²) in [5.41, 5.74) is 1.41. The van der Waals surface area contributed by atoms with Crippen molar-refractivity contribution in [3.8, 4) is 6.07 Å². The molecule has 2 amide bonds. The Balaban J connectivity index is 1.74. The van der Waals surface area contributed by atoms with E-state index in [0.29, 0.717) is 38.7 Å². The summed E-state index contributed by atoms with van der Waals surface area (Å²) in [4.78, 5) is 28.2. The van der Waals surface area contributed by atoms with Gasteiger partial charge in [-0.25, -0.2) is 9.59 Å². The molecule has 0 unspecified atom stereocenters. The second-order valence-electron chi connectivity index (χ2n) is 5.79. The van der Waals surface area contributed by atoms with Crippen molar-refractivity contribution in [2.45, 2.75) is 0 Å². The molecule has 2 aromatic carbocycles. The Labute approximate surface area is 152 Å². The monoisotopic (exact) mass is 356 g/mol. The Bertz CT molecular complexity index is 1270. The van der Waals surface area contributed by atoms with Gasteiger partial charge in [-0.1, -0.05) is 0 Å². The van der Waals surface area contributed by atoms with E-state index in [4.69, 9.17) is 9.68 Å². The Morgan fingerprint density at radius 2 is 1.85 bits per heavy atom. The van der Waals surface area contributed by atoms with Gasteiger partial charge in [-0.15, -0.1) is 0 Å². The molecule has 0 radical (unpaired) electrons. The molecule has 4 rings (SSSR count). The number of carbonyl (C=O) groups excluding carboxylic acids is 1. The van der Waals surface area contributed by atoms with Crippen molar-refractivity contribution >= 4 is 39.1 Å². The Morgan fingerprint density at radius 3 is 2.63 bits per heavy atom. The lowest BCUT2D eigenvalue weighted by Crippen LogP contribution is -2.19. The van der Waals surface area contributed by atoms with Gasteiger partial charge in [-0.05, 0) is 48.5 Å². The van der Waals surface area contributed by atoms with Crippen LogP contribution < -0.4 is 16.3 Å². The molecule has 7 nitrogen and oxygen atoms in total. The standard InChI is InChI=1S/C20H12N4O3/c21-10-12-3-5-15-16(8-12)17-9-13(4-6-18(17)27-19(15)25)23-20(26)24-14-2-1-7-22-11-14/h1-9,11H,(H2,23,24,26). The molecule has 4 aromatic rings. The molecule has 0 aliphatic rings. The van der Waals surface area contributed by atoms with Gasteiger partial charge >= 0.3 is 11.7 Å². The molecule has 0 saturated carbocycles. The summed E-state index contributed by atoms with van der Waals surface area (Å²) in [6.45, 7) is 0. The molecule has 2 heterocycles.